The van der Waals surface area contributed by atoms with Gasteiger partial charge in [0, 0.05) is 12.8 Å². The maximum Gasteiger partial charge on any atom is 0.473 e. The van der Waals surface area contributed by atoms with E-state index in [-0.39, 0.29) is 12.8 Å². The fourth-order valence-electron chi connectivity index (χ4n) is 7.07. The van der Waals surface area contributed by atoms with Gasteiger partial charge in [-0.15, -0.1) is 0 Å². The standard InChI is InChI=1S/C46H88NO8P/c1-7-10-12-14-16-18-20-22-24-26-28-30-32-34-36-38-43(49)46(51,45(41-48)55-56(52,53)54-42(9-3)40-47(4,5)6)44(50)39-37-35-33-31-29-27-25-23-21-19-17-15-13-11-8-2/h22-25,42,45,48,51H,7-21,26-41H2,1-6H3/p+1/b24-22-,25-23-/t42-,45-/m0/s1. The summed E-state index contributed by atoms with van der Waals surface area (Å²) in [4.78, 5) is 38.0. The summed E-state index contributed by atoms with van der Waals surface area (Å²) in [7, 11) is 0.897. The summed E-state index contributed by atoms with van der Waals surface area (Å²) >= 11 is 0. The van der Waals surface area contributed by atoms with Crippen molar-refractivity contribution in [3.05, 3.63) is 24.3 Å². The first kappa shape index (κ1) is 54.8. The highest BCUT2D eigenvalue weighted by Crippen LogP contribution is 2.48. The Kier molecular flexibility index (Phi) is 33.9. The van der Waals surface area contributed by atoms with Crippen molar-refractivity contribution in [2.45, 2.75) is 225 Å². The van der Waals surface area contributed by atoms with Crippen LogP contribution in [0.15, 0.2) is 24.3 Å². The van der Waals surface area contributed by atoms with Crippen LogP contribution in [-0.2, 0) is 23.2 Å². The molecule has 0 saturated heterocycles. The smallest absolute Gasteiger partial charge is 0.394 e. The van der Waals surface area contributed by atoms with Crippen LogP contribution in [0.1, 0.15) is 207 Å². The van der Waals surface area contributed by atoms with E-state index in [2.05, 4.69) is 38.2 Å². The molecule has 0 radical (unpaired) electrons. The zero-order valence-electron chi connectivity index (χ0n) is 37.2. The minimum absolute atomic E-state index is 0.0949. The lowest BCUT2D eigenvalue weighted by molar-refractivity contribution is -0.873. The molecule has 1 unspecified atom stereocenters. The molecule has 0 fully saturated rings. The summed E-state index contributed by atoms with van der Waals surface area (Å²) in [6.07, 6.45) is 35.2. The Morgan fingerprint density at radius 1 is 0.589 bits per heavy atom. The number of hydrogen-bond donors (Lipinski definition) is 3. The molecule has 0 aromatic rings. The monoisotopic (exact) mass is 815 g/mol. The first-order valence-electron chi connectivity index (χ1n) is 23.0. The SMILES string of the molecule is CCCCCCCC/C=C\CCCCCCCC(=O)C(O)(C(=O)CCCCCCC/C=C\CCCCCCCC)[C@H](CO)OP(=O)(O)O[C@@H](CC)C[N+](C)(C)C. The maximum atomic E-state index is 13.7. The maximum absolute atomic E-state index is 13.7. The highest BCUT2D eigenvalue weighted by Gasteiger charge is 2.52. The molecule has 0 aliphatic heterocycles. The van der Waals surface area contributed by atoms with Gasteiger partial charge >= 0.3 is 7.82 Å². The predicted molar refractivity (Wildman–Crippen MR) is 234 cm³/mol. The number of phosphoric ester groups is 1. The Bertz CT molecular complexity index is 1020. The van der Waals surface area contributed by atoms with Crippen molar-refractivity contribution in [3.63, 3.8) is 0 Å². The molecule has 56 heavy (non-hydrogen) atoms. The number of aliphatic hydroxyl groups is 2. The number of phosphoric acid groups is 1. The van der Waals surface area contributed by atoms with Gasteiger partial charge in [-0.2, -0.15) is 0 Å². The number of aliphatic hydroxyl groups excluding tert-OH is 1. The number of ketones is 2. The summed E-state index contributed by atoms with van der Waals surface area (Å²) in [5.41, 5.74) is -2.75. The summed E-state index contributed by atoms with van der Waals surface area (Å²) in [5, 5.41) is 22.1. The molecule has 0 rings (SSSR count). The van der Waals surface area contributed by atoms with E-state index in [9.17, 15) is 29.3 Å². The molecule has 3 N–H and O–H groups in total. The summed E-state index contributed by atoms with van der Waals surface area (Å²) in [5.74, 6) is -1.57. The lowest BCUT2D eigenvalue weighted by Crippen LogP contribution is -2.58. The number of quaternary nitrogens is 1. The number of likely N-dealkylation sites (N-methyl/N-ethyl adjacent to an activating group) is 1. The van der Waals surface area contributed by atoms with E-state index in [0.717, 1.165) is 77.0 Å². The normalized spacial score (nSPS) is 14.8. The zero-order chi connectivity index (χ0) is 42.0. The van der Waals surface area contributed by atoms with Gasteiger partial charge in [-0.3, -0.25) is 18.6 Å². The highest BCUT2D eigenvalue weighted by molar-refractivity contribution is 7.47. The Hall–Kier alpha value is -1.19. The fourth-order valence-corrected chi connectivity index (χ4v) is 8.25. The molecule has 0 aromatic carbocycles. The second-order valence-corrected chi connectivity index (χ2v) is 18.5. The number of carbonyl (C=O) groups excluding carboxylic acids is 2. The third-order valence-electron chi connectivity index (χ3n) is 10.6. The van der Waals surface area contributed by atoms with Crippen LogP contribution in [0.2, 0.25) is 0 Å². The number of hydrogen-bond acceptors (Lipinski definition) is 7. The molecule has 10 heteroatoms. The van der Waals surface area contributed by atoms with Crippen LogP contribution in [0.25, 0.3) is 0 Å². The number of unbranched alkanes of at least 4 members (excludes halogenated alkanes) is 22. The largest absolute Gasteiger partial charge is 0.473 e. The highest BCUT2D eigenvalue weighted by atomic mass is 31.2. The topological polar surface area (TPSA) is 130 Å². The Morgan fingerprint density at radius 2 is 0.929 bits per heavy atom. The van der Waals surface area contributed by atoms with Gasteiger partial charge in [0.1, 0.15) is 18.8 Å². The molecule has 0 saturated carbocycles. The van der Waals surface area contributed by atoms with E-state index in [1.54, 1.807) is 0 Å². The Balaban J connectivity index is 5.09. The Labute approximate surface area is 344 Å². The van der Waals surface area contributed by atoms with Crippen LogP contribution in [0.4, 0.5) is 0 Å². The molecule has 0 aliphatic carbocycles. The van der Waals surface area contributed by atoms with Crippen molar-refractivity contribution in [1.82, 2.24) is 0 Å². The first-order chi connectivity index (χ1) is 26.8. The fraction of sp³-hybridized carbons (Fsp3) is 0.870. The number of allylic oxidation sites excluding steroid dienone is 4. The molecule has 0 heterocycles. The molecule has 330 valence electrons. The van der Waals surface area contributed by atoms with Crippen molar-refractivity contribution in [2.24, 2.45) is 0 Å². The Morgan fingerprint density at radius 3 is 1.25 bits per heavy atom. The van der Waals surface area contributed by atoms with Crippen LogP contribution < -0.4 is 0 Å². The molecule has 0 amide bonds. The van der Waals surface area contributed by atoms with Crippen molar-refractivity contribution in [2.75, 3.05) is 34.3 Å². The van der Waals surface area contributed by atoms with Crippen molar-refractivity contribution >= 4 is 19.4 Å². The van der Waals surface area contributed by atoms with E-state index in [0.29, 0.717) is 30.3 Å². The van der Waals surface area contributed by atoms with E-state index in [1.165, 1.54) is 77.0 Å². The number of carbonyl (C=O) groups is 2. The molecule has 0 aromatic heterocycles. The average molecular weight is 815 g/mol. The summed E-state index contributed by atoms with van der Waals surface area (Å²) in [6, 6.07) is 0. The molecular formula is C46H89NO8P+. The minimum Gasteiger partial charge on any atom is -0.394 e. The van der Waals surface area contributed by atoms with Gasteiger partial charge in [-0.25, -0.2) is 4.57 Å². The van der Waals surface area contributed by atoms with Gasteiger partial charge < -0.3 is 19.6 Å². The van der Waals surface area contributed by atoms with Crippen LogP contribution in [0.3, 0.4) is 0 Å². The van der Waals surface area contributed by atoms with Crippen LogP contribution in [-0.4, -0.2) is 83.3 Å². The van der Waals surface area contributed by atoms with Gasteiger partial charge in [0.15, 0.2) is 11.6 Å². The van der Waals surface area contributed by atoms with E-state index >= 15 is 0 Å². The number of Topliss-reactive ketones (excluding diaryl/α,β-unsaturated/α-hetero) is 2. The first-order valence-corrected chi connectivity index (χ1v) is 24.5. The van der Waals surface area contributed by atoms with E-state index < -0.39 is 43.8 Å². The molecule has 0 spiro atoms. The third-order valence-corrected chi connectivity index (χ3v) is 11.6. The molecule has 0 aliphatic rings. The van der Waals surface area contributed by atoms with Crippen LogP contribution in [0, 0.1) is 0 Å². The van der Waals surface area contributed by atoms with Gasteiger partial charge in [0.05, 0.1) is 27.7 Å². The quantitative estimate of drug-likeness (QED) is 0.0183. The lowest BCUT2D eigenvalue weighted by atomic mass is 9.82. The van der Waals surface area contributed by atoms with Crippen LogP contribution in [0.5, 0.6) is 0 Å². The third kappa shape index (κ3) is 29.1. The second kappa shape index (κ2) is 34.7. The van der Waals surface area contributed by atoms with Crippen molar-refractivity contribution in [1.29, 1.82) is 0 Å². The van der Waals surface area contributed by atoms with Gasteiger partial charge in [0.2, 0.25) is 5.60 Å². The van der Waals surface area contributed by atoms with Crippen molar-refractivity contribution in [3.8, 4) is 0 Å². The molecule has 3 atom stereocenters. The van der Waals surface area contributed by atoms with Gasteiger partial charge in [0.25, 0.3) is 0 Å². The van der Waals surface area contributed by atoms with E-state index in [1.807, 2.05) is 28.1 Å². The van der Waals surface area contributed by atoms with Crippen molar-refractivity contribution < 1.29 is 42.8 Å². The lowest BCUT2D eigenvalue weighted by Gasteiger charge is -2.34. The summed E-state index contributed by atoms with van der Waals surface area (Å²) in [6.45, 7) is 5.70. The number of rotatable bonds is 41. The zero-order valence-corrected chi connectivity index (χ0v) is 38.1. The van der Waals surface area contributed by atoms with Gasteiger partial charge in [-0.05, 0) is 70.6 Å². The van der Waals surface area contributed by atoms with E-state index in [4.69, 9.17) is 9.05 Å². The molecule has 0 bridgehead atoms. The second-order valence-electron chi connectivity index (χ2n) is 17.1. The molecular weight excluding hydrogens is 725 g/mol. The molecule has 9 nitrogen and oxygen atoms in total. The van der Waals surface area contributed by atoms with Gasteiger partial charge in [-0.1, -0.05) is 148 Å². The predicted octanol–water partition coefficient (Wildman–Crippen LogP) is 11.9. The summed E-state index contributed by atoms with van der Waals surface area (Å²) < 4.78 is 24.4. The minimum atomic E-state index is -4.87. The number of nitrogens with zero attached hydrogens (tertiary/aromatic N) is 1. The van der Waals surface area contributed by atoms with Crippen LogP contribution >= 0.6 is 7.82 Å². The average Bonchev–Trinajstić information content (AvgIpc) is 3.15.